The Bertz CT molecular complexity index is 1440. The average molecular weight is 476 g/mol. The molecule has 1 amide bonds. The molecule has 0 spiro atoms. The number of aromatic nitrogens is 3. The van der Waals surface area contributed by atoms with Gasteiger partial charge >= 0.3 is 0 Å². The Morgan fingerprint density at radius 3 is 2.47 bits per heavy atom. The van der Waals surface area contributed by atoms with Crippen LogP contribution in [0.3, 0.4) is 0 Å². The van der Waals surface area contributed by atoms with E-state index in [1.165, 1.54) is 28.1 Å². The number of nitrogens with one attached hydrogen (secondary N) is 1. The number of rotatable bonds is 5. The quantitative estimate of drug-likeness (QED) is 0.407. The predicted octanol–water partition coefficient (Wildman–Crippen LogP) is 5.36. The Kier molecular flexibility index (Phi) is 5.64. The molecule has 1 aliphatic heterocycles. The number of aryl methyl sites for hydroxylation is 1. The molecule has 2 aliphatic rings. The normalized spacial score (nSPS) is 15.6. The Hall–Kier alpha value is -4.19. The van der Waals surface area contributed by atoms with Crippen molar-refractivity contribution in [2.45, 2.75) is 32.1 Å². The second-order valence-corrected chi connectivity index (χ2v) is 9.76. The van der Waals surface area contributed by atoms with Gasteiger partial charge in [0.25, 0.3) is 0 Å². The number of primary amides is 1. The lowest BCUT2D eigenvalue weighted by Gasteiger charge is -2.33. The van der Waals surface area contributed by atoms with E-state index in [9.17, 15) is 4.79 Å². The third kappa shape index (κ3) is 4.09. The highest BCUT2D eigenvalue weighted by molar-refractivity contribution is 5.95. The summed E-state index contributed by atoms with van der Waals surface area (Å²) in [6.07, 6.45) is 6.82. The summed E-state index contributed by atoms with van der Waals surface area (Å²) >= 11 is 0. The van der Waals surface area contributed by atoms with Gasteiger partial charge in [0.15, 0.2) is 0 Å². The molecule has 4 aromatic rings. The molecule has 1 saturated heterocycles. The van der Waals surface area contributed by atoms with Crippen molar-refractivity contribution in [3.63, 3.8) is 0 Å². The summed E-state index contributed by atoms with van der Waals surface area (Å²) in [6.45, 7) is 4.11. The largest absolute Gasteiger partial charge is 0.366 e. The average Bonchev–Trinajstić information content (AvgIpc) is 3.53. The van der Waals surface area contributed by atoms with Gasteiger partial charge in [0, 0.05) is 47.9 Å². The summed E-state index contributed by atoms with van der Waals surface area (Å²) in [5, 5.41) is 0. The number of allylic oxidation sites excluding steroid dienone is 1. The Morgan fingerprint density at radius 1 is 1.00 bits per heavy atom. The minimum Gasteiger partial charge on any atom is -0.366 e. The van der Waals surface area contributed by atoms with Crippen LogP contribution in [0.4, 0.5) is 5.82 Å². The molecule has 2 aromatic heterocycles. The highest BCUT2D eigenvalue weighted by Crippen LogP contribution is 2.38. The van der Waals surface area contributed by atoms with E-state index >= 15 is 0 Å². The van der Waals surface area contributed by atoms with Gasteiger partial charge in [-0.25, -0.2) is 9.97 Å². The van der Waals surface area contributed by atoms with E-state index in [1.54, 1.807) is 18.5 Å². The molecule has 6 heteroatoms. The van der Waals surface area contributed by atoms with E-state index in [2.05, 4.69) is 64.3 Å². The maximum atomic E-state index is 11.4. The van der Waals surface area contributed by atoms with Gasteiger partial charge in [0.1, 0.15) is 12.1 Å². The van der Waals surface area contributed by atoms with Gasteiger partial charge in [-0.05, 0) is 66.3 Å². The molecule has 1 fully saturated rings. The predicted molar refractivity (Wildman–Crippen MR) is 144 cm³/mol. The number of carbonyl (C=O) groups is 1. The standard InChI is InChI=1S/C30H29N5O/c1-19-15-26(34-28(19)22-5-3-2-4-6-22)21-11-13-35(14-12-21)30-25-16-24(17-27(25)32-18-33-30)20-7-9-23(10-8-20)29(31)36/h2-10,15-16,18,21,34H,11-14,17H2,1H3,(H2,31,36). The first-order valence-corrected chi connectivity index (χ1v) is 12.5. The van der Waals surface area contributed by atoms with Crippen molar-refractivity contribution < 1.29 is 4.79 Å². The summed E-state index contributed by atoms with van der Waals surface area (Å²) in [4.78, 5) is 26.8. The van der Waals surface area contributed by atoms with E-state index in [0.29, 0.717) is 11.5 Å². The number of hydrogen-bond acceptors (Lipinski definition) is 4. The smallest absolute Gasteiger partial charge is 0.248 e. The van der Waals surface area contributed by atoms with E-state index in [1.807, 2.05) is 12.1 Å². The van der Waals surface area contributed by atoms with Crippen LogP contribution in [0.1, 0.15) is 57.2 Å². The highest BCUT2D eigenvalue weighted by Gasteiger charge is 2.27. The SMILES string of the molecule is Cc1cc(C2CCN(c3ncnc4c3C=C(c3ccc(C(N)=O)cc3)C4)CC2)[nH]c1-c1ccccc1. The number of H-pyrrole nitrogens is 1. The van der Waals surface area contributed by atoms with Gasteiger partial charge < -0.3 is 15.6 Å². The lowest BCUT2D eigenvalue weighted by molar-refractivity contribution is 0.100. The first-order valence-electron chi connectivity index (χ1n) is 12.5. The lowest BCUT2D eigenvalue weighted by Crippen LogP contribution is -2.34. The number of nitrogens with zero attached hydrogens (tertiary/aromatic N) is 3. The van der Waals surface area contributed by atoms with E-state index in [4.69, 9.17) is 10.7 Å². The summed E-state index contributed by atoms with van der Waals surface area (Å²) in [5.74, 6) is 1.13. The molecular weight excluding hydrogens is 446 g/mol. The van der Waals surface area contributed by atoms with Crippen molar-refractivity contribution in [3.05, 3.63) is 101 Å². The molecule has 6 rings (SSSR count). The van der Waals surface area contributed by atoms with Crippen molar-refractivity contribution >= 4 is 23.4 Å². The lowest BCUT2D eigenvalue weighted by atomic mass is 9.93. The second kappa shape index (κ2) is 9.11. The molecule has 1 aliphatic carbocycles. The van der Waals surface area contributed by atoms with Crippen LogP contribution in [0, 0.1) is 6.92 Å². The van der Waals surface area contributed by atoms with E-state index in [-0.39, 0.29) is 0 Å². The van der Waals surface area contributed by atoms with Crippen LogP contribution in [-0.4, -0.2) is 33.9 Å². The number of fused-ring (bicyclic) bond motifs is 1. The van der Waals surface area contributed by atoms with E-state index < -0.39 is 5.91 Å². The van der Waals surface area contributed by atoms with Crippen molar-refractivity contribution in [1.82, 2.24) is 15.0 Å². The van der Waals surface area contributed by atoms with Crippen molar-refractivity contribution in [1.29, 1.82) is 0 Å². The molecule has 180 valence electrons. The van der Waals surface area contributed by atoms with Crippen LogP contribution < -0.4 is 10.6 Å². The molecule has 0 atom stereocenters. The number of carbonyl (C=O) groups excluding carboxylic acids is 1. The molecule has 3 N–H and O–H groups in total. The zero-order chi connectivity index (χ0) is 24.6. The Morgan fingerprint density at radius 2 is 1.75 bits per heavy atom. The maximum Gasteiger partial charge on any atom is 0.248 e. The number of hydrogen-bond donors (Lipinski definition) is 2. The summed E-state index contributed by atoms with van der Waals surface area (Å²) in [7, 11) is 0. The van der Waals surface area contributed by atoms with Gasteiger partial charge in [0.2, 0.25) is 5.91 Å². The molecule has 6 nitrogen and oxygen atoms in total. The van der Waals surface area contributed by atoms with Gasteiger partial charge in [-0.1, -0.05) is 42.5 Å². The fourth-order valence-corrected chi connectivity index (χ4v) is 5.51. The fourth-order valence-electron chi connectivity index (χ4n) is 5.51. The van der Waals surface area contributed by atoms with Crippen LogP contribution in [0.2, 0.25) is 0 Å². The van der Waals surface area contributed by atoms with Crippen LogP contribution >= 0.6 is 0 Å². The number of amides is 1. The molecule has 0 bridgehead atoms. The van der Waals surface area contributed by atoms with Crippen molar-refractivity contribution in [3.8, 4) is 11.3 Å². The third-order valence-electron chi connectivity index (χ3n) is 7.49. The molecule has 0 radical (unpaired) electrons. The van der Waals surface area contributed by atoms with Gasteiger partial charge in [0.05, 0.1) is 5.69 Å². The molecule has 36 heavy (non-hydrogen) atoms. The van der Waals surface area contributed by atoms with Gasteiger partial charge in [-0.15, -0.1) is 0 Å². The first kappa shape index (κ1) is 22.3. The number of piperidine rings is 1. The summed E-state index contributed by atoms with van der Waals surface area (Å²) < 4.78 is 0. The summed E-state index contributed by atoms with van der Waals surface area (Å²) in [6, 6.07) is 20.4. The molecule has 0 saturated carbocycles. The van der Waals surface area contributed by atoms with E-state index in [0.717, 1.165) is 55.0 Å². The number of nitrogens with two attached hydrogens (primary N) is 1. The molecule has 0 unspecified atom stereocenters. The Balaban J connectivity index is 1.19. The second-order valence-electron chi connectivity index (χ2n) is 9.76. The first-order chi connectivity index (χ1) is 17.6. The zero-order valence-electron chi connectivity index (χ0n) is 20.4. The number of aromatic amines is 1. The fraction of sp³-hybridized carbons (Fsp3) is 0.233. The molecule has 3 heterocycles. The molecule has 2 aromatic carbocycles. The minimum atomic E-state index is -0.410. The van der Waals surface area contributed by atoms with Crippen molar-refractivity contribution in [2.24, 2.45) is 5.73 Å². The number of benzene rings is 2. The minimum absolute atomic E-state index is 0.410. The van der Waals surface area contributed by atoms with Crippen LogP contribution in [0.15, 0.2) is 67.0 Å². The zero-order valence-corrected chi connectivity index (χ0v) is 20.4. The van der Waals surface area contributed by atoms with Crippen LogP contribution in [0.25, 0.3) is 22.9 Å². The summed E-state index contributed by atoms with van der Waals surface area (Å²) in [5.41, 5.74) is 15.5. The van der Waals surface area contributed by atoms with Gasteiger partial charge in [-0.2, -0.15) is 0 Å². The molecular formula is C30H29N5O. The monoisotopic (exact) mass is 475 g/mol. The maximum absolute atomic E-state index is 11.4. The topological polar surface area (TPSA) is 87.9 Å². The van der Waals surface area contributed by atoms with Crippen molar-refractivity contribution in [2.75, 3.05) is 18.0 Å². The number of anilines is 1. The van der Waals surface area contributed by atoms with Gasteiger partial charge in [-0.3, -0.25) is 4.79 Å². The highest BCUT2D eigenvalue weighted by atomic mass is 16.1. The van der Waals surface area contributed by atoms with Crippen LogP contribution in [0.5, 0.6) is 0 Å². The van der Waals surface area contributed by atoms with Crippen LogP contribution in [-0.2, 0) is 6.42 Å². The Labute approximate surface area is 210 Å². The third-order valence-corrected chi connectivity index (χ3v) is 7.49.